The lowest BCUT2D eigenvalue weighted by molar-refractivity contribution is 0.0840. The largest absolute Gasteiger partial charge is 0.490 e. The normalized spacial score (nSPS) is 10.2. The predicted octanol–water partition coefficient (Wildman–Crippen LogP) is 3.37. The Kier molecular flexibility index (Phi) is 8.02. The highest BCUT2D eigenvalue weighted by molar-refractivity contribution is 6.01. The van der Waals surface area contributed by atoms with Crippen LogP contribution >= 0.6 is 0 Å². The number of carbonyl (C=O) groups excluding carboxylic acids is 2. The molecule has 2 amide bonds. The number of nitrogens with one attached hydrogen (secondary N) is 2. The van der Waals surface area contributed by atoms with E-state index in [0.717, 1.165) is 5.56 Å². The first-order valence-electron chi connectivity index (χ1n) is 9.76. The highest BCUT2D eigenvalue weighted by atomic mass is 16.5. The number of rotatable bonds is 9. The van der Waals surface area contributed by atoms with E-state index < -0.39 is 11.8 Å². The molecule has 0 atom stereocenters. The molecule has 3 rings (SSSR count). The second kappa shape index (κ2) is 11.4. The minimum absolute atomic E-state index is 0.299. The lowest BCUT2D eigenvalue weighted by atomic mass is 10.2. The number of carbonyl (C=O) groups is 2. The maximum Gasteiger partial charge on any atom is 0.273 e. The number of amides is 2. The molecule has 3 aromatic carbocycles. The van der Waals surface area contributed by atoms with Gasteiger partial charge >= 0.3 is 0 Å². The van der Waals surface area contributed by atoms with Crippen molar-refractivity contribution in [3.05, 3.63) is 95.6 Å². The van der Waals surface area contributed by atoms with Crippen molar-refractivity contribution >= 4 is 11.8 Å². The van der Waals surface area contributed by atoms with Gasteiger partial charge in [0.1, 0.15) is 24.7 Å². The van der Waals surface area contributed by atoms with Crippen LogP contribution in [0, 0.1) is 0 Å². The molecule has 0 aliphatic heterocycles. The maximum absolute atomic E-state index is 12.7. The molecule has 7 heteroatoms. The summed E-state index contributed by atoms with van der Waals surface area (Å²) < 4.78 is 16.3. The minimum atomic E-state index is -0.496. The summed E-state index contributed by atoms with van der Waals surface area (Å²) >= 11 is 0. The third-order valence-electron chi connectivity index (χ3n) is 4.34. The Balaban J connectivity index is 1.62. The van der Waals surface area contributed by atoms with E-state index in [1.54, 1.807) is 55.6 Å². The van der Waals surface area contributed by atoms with Crippen LogP contribution in [0.2, 0.25) is 0 Å². The maximum atomic E-state index is 12.7. The zero-order chi connectivity index (χ0) is 21.9. The Bertz CT molecular complexity index is 1010. The zero-order valence-electron chi connectivity index (χ0n) is 17.2. The van der Waals surface area contributed by atoms with Gasteiger partial charge < -0.3 is 14.2 Å². The highest BCUT2D eigenvalue weighted by Gasteiger charge is 2.16. The van der Waals surface area contributed by atoms with E-state index in [9.17, 15) is 9.59 Å². The average Bonchev–Trinajstić information content (AvgIpc) is 2.82. The minimum Gasteiger partial charge on any atom is -0.490 e. The summed E-state index contributed by atoms with van der Waals surface area (Å²) in [6.07, 6.45) is 0. The molecule has 0 heterocycles. The average molecular weight is 420 g/mol. The van der Waals surface area contributed by atoms with Crippen LogP contribution in [0.25, 0.3) is 0 Å². The van der Waals surface area contributed by atoms with E-state index in [4.69, 9.17) is 14.2 Å². The molecule has 0 aromatic heterocycles. The Morgan fingerprint density at radius 1 is 0.677 bits per heavy atom. The van der Waals surface area contributed by atoms with Crippen molar-refractivity contribution in [3.63, 3.8) is 0 Å². The molecular weight excluding hydrogens is 396 g/mol. The van der Waals surface area contributed by atoms with Crippen LogP contribution in [0.1, 0.15) is 26.3 Å². The fourth-order valence-electron chi connectivity index (χ4n) is 2.78. The number of para-hydroxylation sites is 2. The molecule has 0 bridgehead atoms. The lowest BCUT2D eigenvalue weighted by Gasteiger charge is -2.14. The van der Waals surface area contributed by atoms with E-state index in [1.807, 2.05) is 30.3 Å². The highest BCUT2D eigenvalue weighted by Crippen LogP contribution is 2.20. The van der Waals surface area contributed by atoms with Crippen molar-refractivity contribution in [2.75, 3.05) is 20.3 Å². The van der Waals surface area contributed by atoms with Gasteiger partial charge in [-0.25, -0.2) is 0 Å². The van der Waals surface area contributed by atoms with Crippen LogP contribution in [-0.2, 0) is 11.3 Å². The Morgan fingerprint density at radius 3 is 1.77 bits per heavy atom. The van der Waals surface area contributed by atoms with E-state index in [0.29, 0.717) is 42.4 Å². The number of hydrazine groups is 1. The van der Waals surface area contributed by atoms with Crippen molar-refractivity contribution < 1.29 is 23.8 Å². The van der Waals surface area contributed by atoms with Crippen LogP contribution in [0.3, 0.4) is 0 Å². The van der Waals surface area contributed by atoms with Gasteiger partial charge in [0.25, 0.3) is 11.8 Å². The summed E-state index contributed by atoms with van der Waals surface area (Å²) in [6, 6.07) is 23.3. The molecule has 160 valence electrons. The van der Waals surface area contributed by atoms with Gasteiger partial charge in [0, 0.05) is 7.11 Å². The number of benzene rings is 3. The first-order valence-corrected chi connectivity index (χ1v) is 9.76. The molecule has 0 radical (unpaired) electrons. The zero-order valence-corrected chi connectivity index (χ0v) is 17.2. The number of hydrogen-bond acceptors (Lipinski definition) is 5. The summed E-state index contributed by atoms with van der Waals surface area (Å²) in [4.78, 5) is 25.2. The summed E-state index contributed by atoms with van der Waals surface area (Å²) in [7, 11) is 1.57. The monoisotopic (exact) mass is 420 g/mol. The molecule has 0 fully saturated rings. The van der Waals surface area contributed by atoms with Crippen LogP contribution in [-0.4, -0.2) is 32.1 Å². The molecule has 0 unspecified atom stereocenters. The molecule has 3 aromatic rings. The second-order valence-electron chi connectivity index (χ2n) is 6.52. The fraction of sp³-hybridized carbons (Fsp3) is 0.167. The number of methoxy groups -OCH3 is 1. The second-order valence-corrected chi connectivity index (χ2v) is 6.52. The Morgan fingerprint density at radius 2 is 1.19 bits per heavy atom. The molecule has 31 heavy (non-hydrogen) atoms. The van der Waals surface area contributed by atoms with Crippen molar-refractivity contribution in [2.45, 2.75) is 6.61 Å². The molecule has 0 aliphatic rings. The summed E-state index contributed by atoms with van der Waals surface area (Å²) in [6.45, 7) is 1.02. The van der Waals surface area contributed by atoms with Crippen molar-refractivity contribution in [2.24, 2.45) is 0 Å². The third kappa shape index (κ3) is 6.32. The molecule has 2 N–H and O–H groups in total. The van der Waals surface area contributed by atoms with Gasteiger partial charge in [0.15, 0.2) is 0 Å². The molecule has 0 saturated heterocycles. The Hall–Kier alpha value is -3.84. The quantitative estimate of drug-likeness (QED) is 0.410. The lowest BCUT2D eigenvalue weighted by Crippen LogP contribution is -2.41. The summed E-state index contributed by atoms with van der Waals surface area (Å²) in [5.74, 6) is -0.168. The van der Waals surface area contributed by atoms with E-state index in [1.165, 1.54) is 0 Å². The van der Waals surface area contributed by atoms with Gasteiger partial charge in [-0.1, -0.05) is 54.6 Å². The van der Waals surface area contributed by atoms with E-state index in [-0.39, 0.29) is 0 Å². The van der Waals surface area contributed by atoms with Gasteiger partial charge in [-0.15, -0.1) is 0 Å². The van der Waals surface area contributed by atoms with Crippen LogP contribution in [0.5, 0.6) is 11.5 Å². The molecular formula is C24H24N2O5. The fourth-order valence-corrected chi connectivity index (χ4v) is 2.78. The topological polar surface area (TPSA) is 85.9 Å². The smallest absolute Gasteiger partial charge is 0.273 e. The van der Waals surface area contributed by atoms with Crippen molar-refractivity contribution in [1.82, 2.24) is 10.9 Å². The Labute approximate surface area is 180 Å². The summed E-state index contributed by atoms with van der Waals surface area (Å²) in [5, 5.41) is 0. The van der Waals surface area contributed by atoms with E-state index >= 15 is 0 Å². The standard InChI is InChI=1S/C24H24N2O5/c1-29-15-16-30-21-13-7-5-11-19(21)23(27)25-26-24(28)20-12-6-8-14-22(20)31-17-18-9-3-2-4-10-18/h2-14H,15-17H2,1H3,(H,25,27)(H,26,28). The van der Waals surface area contributed by atoms with Crippen molar-refractivity contribution in [3.8, 4) is 11.5 Å². The number of ether oxygens (including phenoxy) is 3. The van der Waals surface area contributed by atoms with Gasteiger partial charge in [0.2, 0.25) is 0 Å². The van der Waals surface area contributed by atoms with Crippen LogP contribution in [0.4, 0.5) is 0 Å². The number of hydrogen-bond donors (Lipinski definition) is 2. The van der Waals surface area contributed by atoms with Gasteiger partial charge in [0.05, 0.1) is 17.7 Å². The third-order valence-corrected chi connectivity index (χ3v) is 4.34. The molecule has 0 spiro atoms. The molecule has 0 saturated carbocycles. The first-order chi connectivity index (χ1) is 15.2. The SMILES string of the molecule is COCCOc1ccccc1C(=O)NNC(=O)c1ccccc1OCc1ccccc1. The molecule has 0 aliphatic carbocycles. The van der Waals surface area contributed by atoms with Gasteiger partial charge in [-0.05, 0) is 29.8 Å². The van der Waals surface area contributed by atoms with Gasteiger partial charge in [-0.2, -0.15) is 0 Å². The van der Waals surface area contributed by atoms with Crippen molar-refractivity contribution in [1.29, 1.82) is 0 Å². The predicted molar refractivity (Wildman–Crippen MR) is 116 cm³/mol. The summed E-state index contributed by atoms with van der Waals surface area (Å²) in [5.41, 5.74) is 6.45. The first kappa shape index (κ1) is 21.9. The van der Waals surface area contributed by atoms with Crippen LogP contribution in [0.15, 0.2) is 78.9 Å². The molecule has 7 nitrogen and oxygen atoms in total. The van der Waals surface area contributed by atoms with Crippen LogP contribution < -0.4 is 20.3 Å². The van der Waals surface area contributed by atoms with E-state index in [2.05, 4.69) is 10.9 Å². The van der Waals surface area contributed by atoms with Gasteiger partial charge in [-0.3, -0.25) is 20.4 Å².